The molecule has 0 aliphatic carbocycles. The molecule has 1 heterocycles. The molecule has 1 N–H and O–H groups in total. The molecule has 5 nitrogen and oxygen atoms in total. The van der Waals surface area contributed by atoms with Crippen molar-refractivity contribution in [2.45, 2.75) is 6.61 Å². The van der Waals surface area contributed by atoms with Gasteiger partial charge in [0.25, 0.3) is 0 Å². The maximum atomic E-state index is 10.9. The molecule has 0 spiro atoms. The number of hydrogen-bond acceptors (Lipinski definition) is 4. The second-order valence-electron chi connectivity index (χ2n) is 4.43. The van der Waals surface area contributed by atoms with Gasteiger partial charge in [0.2, 0.25) is 6.79 Å². The molecule has 0 saturated carbocycles. The molecule has 2 aromatic rings. The van der Waals surface area contributed by atoms with Crippen molar-refractivity contribution in [3.63, 3.8) is 0 Å². The lowest BCUT2D eigenvalue weighted by Gasteiger charge is -2.08. The van der Waals surface area contributed by atoms with Gasteiger partial charge < -0.3 is 19.3 Å². The maximum Gasteiger partial charge on any atom is 0.335 e. The van der Waals surface area contributed by atoms with Crippen LogP contribution in [0.5, 0.6) is 17.2 Å². The number of benzene rings is 2. The molecule has 0 atom stereocenters. The van der Waals surface area contributed by atoms with Crippen LogP contribution in [-0.2, 0) is 6.61 Å². The van der Waals surface area contributed by atoms with Gasteiger partial charge in [0.1, 0.15) is 12.4 Å². The molecule has 1 aliphatic heterocycles. The Morgan fingerprint density at radius 3 is 2.95 bits per heavy atom. The first-order valence-corrected chi connectivity index (χ1v) is 6.55. The van der Waals surface area contributed by atoms with Crippen molar-refractivity contribution in [2.24, 2.45) is 0 Å². The lowest BCUT2D eigenvalue weighted by atomic mass is 10.2. The van der Waals surface area contributed by atoms with Crippen LogP contribution in [0.4, 0.5) is 0 Å². The van der Waals surface area contributed by atoms with Crippen LogP contribution in [0.1, 0.15) is 15.9 Å². The fourth-order valence-electron chi connectivity index (χ4n) is 1.99. The van der Waals surface area contributed by atoms with E-state index < -0.39 is 5.97 Å². The largest absolute Gasteiger partial charge is 0.489 e. The Kier molecular flexibility index (Phi) is 3.58. The minimum Gasteiger partial charge on any atom is -0.489 e. The maximum absolute atomic E-state index is 10.9. The van der Waals surface area contributed by atoms with Crippen LogP contribution < -0.4 is 14.2 Å². The monoisotopic (exact) mass is 306 g/mol. The molecule has 0 unspecified atom stereocenters. The van der Waals surface area contributed by atoms with Crippen molar-refractivity contribution < 1.29 is 24.1 Å². The molecule has 0 aromatic heterocycles. The van der Waals surface area contributed by atoms with Gasteiger partial charge >= 0.3 is 5.97 Å². The van der Waals surface area contributed by atoms with Gasteiger partial charge in [0.15, 0.2) is 11.5 Å². The summed E-state index contributed by atoms with van der Waals surface area (Å²) >= 11 is 6.09. The van der Waals surface area contributed by atoms with E-state index in [1.54, 1.807) is 24.3 Å². The number of carbonyl (C=O) groups is 1. The normalized spacial score (nSPS) is 12.2. The first kappa shape index (κ1) is 13.6. The van der Waals surface area contributed by atoms with E-state index >= 15 is 0 Å². The summed E-state index contributed by atoms with van der Waals surface area (Å²) in [6, 6.07) is 9.82. The zero-order chi connectivity index (χ0) is 14.8. The fraction of sp³-hybridized carbons (Fsp3) is 0.133. The molecule has 0 bridgehead atoms. The van der Waals surface area contributed by atoms with E-state index in [9.17, 15) is 4.79 Å². The Morgan fingerprint density at radius 1 is 1.29 bits per heavy atom. The van der Waals surface area contributed by atoms with Crippen molar-refractivity contribution in [1.29, 1.82) is 0 Å². The summed E-state index contributed by atoms with van der Waals surface area (Å²) in [5, 5.41) is 9.39. The second kappa shape index (κ2) is 5.54. The Hall–Kier alpha value is -2.40. The van der Waals surface area contributed by atoms with Gasteiger partial charge in [-0.05, 0) is 35.9 Å². The lowest BCUT2D eigenvalue weighted by Crippen LogP contribution is -1.99. The molecule has 2 aromatic carbocycles. The van der Waals surface area contributed by atoms with Gasteiger partial charge in [-0.1, -0.05) is 17.7 Å². The van der Waals surface area contributed by atoms with Crippen LogP contribution in [0, 0.1) is 0 Å². The quantitative estimate of drug-likeness (QED) is 0.938. The van der Waals surface area contributed by atoms with E-state index in [0.29, 0.717) is 22.3 Å². The predicted molar refractivity (Wildman–Crippen MR) is 75.3 cm³/mol. The topological polar surface area (TPSA) is 65.0 Å². The number of hydrogen-bond donors (Lipinski definition) is 1. The summed E-state index contributed by atoms with van der Waals surface area (Å²) in [7, 11) is 0. The predicted octanol–water partition coefficient (Wildman–Crippen LogP) is 3.35. The zero-order valence-corrected chi connectivity index (χ0v) is 11.6. The average Bonchev–Trinajstić information content (AvgIpc) is 2.94. The Labute approximate surface area is 125 Å². The molecule has 0 radical (unpaired) electrons. The number of rotatable bonds is 4. The minimum atomic E-state index is -0.994. The molecule has 0 amide bonds. The third-order valence-electron chi connectivity index (χ3n) is 2.97. The minimum absolute atomic E-state index is 0.153. The molecule has 0 saturated heterocycles. The number of carboxylic acids is 1. The number of aromatic carboxylic acids is 1. The molecule has 108 valence electrons. The second-order valence-corrected chi connectivity index (χ2v) is 4.84. The summed E-state index contributed by atoms with van der Waals surface area (Å²) in [5.41, 5.74) is 0.987. The standard InChI is InChI=1S/C15H11ClO5/c16-12-4-9(5-13-14(12)21-8-20-13)7-19-11-3-1-2-10(6-11)15(17)18/h1-6H,7-8H2,(H,17,18). The summed E-state index contributed by atoms with van der Waals surface area (Å²) < 4.78 is 16.1. The van der Waals surface area contributed by atoms with Gasteiger partial charge in [-0.25, -0.2) is 4.79 Å². The van der Waals surface area contributed by atoms with Crippen LogP contribution in [-0.4, -0.2) is 17.9 Å². The van der Waals surface area contributed by atoms with Crippen LogP contribution >= 0.6 is 11.6 Å². The first-order valence-electron chi connectivity index (χ1n) is 6.17. The van der Waals surface area contributed by atoms with Gasteiger partial charge in [-0.15, -0.1) is 0 Å². The van der Waals surface area contributed by atoms with E-state index in [2.05, 4.69) is 0 Å². The van der Waals surface area contributed by atoms with Crippen LogP contribution in [0.15, 0.2) is 36.4 Å². The third kappa shape index (κ3) is 2.87. The smallest absolute Gasteiger partial charge is 0.335 e. The summed E-state index contributed by atoms with van der Waals surface area (Å²) in [6.07, 6.45) is 0. The van der Waals surface area contributed by atoms with E-state index in [1.807, 2.05) is 0 Å². The molecule has 3 rings (SSSR count). The number of fused-ring (bicyclic) bond motifs is 1. The third-order valence-corrected chi connectivity index (χ3v) is 3.25. The Bertz CT molecular complexity index is 698. The van der Waals surface area contributed by atoms with Gasteiger partial charge in [0, 0.05) is 0 Å². The number of halogens is 1. The van der Waals surface area contributed by atoms with Crippen molar-refractivity contribution >= 4 is 17.6 Å². The highest BCUT2D eigenvalue weighted by Gasteiger charge is 2.18. The molecule has 6 heteroatoms. The van der Waals surface area contributed by atoms with E-state index in [4.69, 9.17) is 30.9 Å². The Balaban J connectivity index is 1.75. The number of carboxylic acid groups (broad SMARTS) is 1. The first-order chi connectivity index (χ1) is 10.1. The van der Waals surface area contributed by atoms with E-state index in [1.165, 1.54) is 12.1 Å². The van der Waals surface area contributed by atoms with Crippen LogP contribution in [0.2, 0.25) is 5.02 Å². The molecular weight excluding hydrogens is 296 g/mol. The van der Waals surface area contributed by atoms with Crippen LogP contribution in [0.25, 0.3) is 0 Å². The summed E-state index contributed by atoms with van der Waals surface area (Å²) in [6.45, 7) is 0.402. The van der Waals surface area contributed by atoms with Gasteiger partial charge in [0.05, 0.1) is 10.6 Å². The Morgan fingerprint density at radius 2 is 2.14 bits per heavy atom. The van der Waals surface area contributed by atoms with Crippen molar-refractivity contribution in [2.75, 3.05) is 6.79 Å². The highest BCUT2D eigenvalue weighted by atomic mass is 35.5. The highest BCUT2D eigenvalue weighted by molar-refractivity contribution is 6.32. The molecule has 0 fully saturated rings. The fourth-order valence-corrected chi connectivity index (χ4v) is 2.28. The molecular formula is C15H11ClO5. The van der Waals surface area contributed by atoms with Crippen molar-refractivity contribution in [1.82, 2.24) is 0 Å². The lowest BCUT2D eigenvalue weighted by molar-refractivity contribution is 0.0696. The molecule has 1 aliphatic rings. The SMILES string of the molecule is O=C(O)c1cccc(OCc2cc(Cl)c3c(c2)OCO3)c1. The average molecular weight is 307 g/mol. The van der Waals surface area contributed by atoms with Gasteiger partial charge in [-0.2, -0.15) is 0 Å². The highest BCUT2D eigenvalue weighted by Crippen LogP contribution is 2.39. The summed E-state index contributed by atoms with van der Waals surface area (Å²) in [4.78, 5) is 10.9. The van der Waals surface area contributed by atoms with E-state index in [0.717, 1.165) is 5.56 Å². The van der Waals surface area contributed by atoms with Crippen molar-refractivity contribution in [3.8, 4) is 17.2 Å². The summed E-state index contributed by atoms with van der Waals surface area (Å²) in [5.74, 6) is 0.601. The van der Waals surface area contributed by atoms with Gasteiger partial charge in [-0.3, -0.25) is 0 Å². The van der Waals surface area contributed by atoms with Crippen molar-refractivity contribution in [3.05, 3.63) is 52.5 Å². The molecule has 21 heavy (non-hydrogen) atoms. The van der Waals surface area contributed by atoms with E-state index in [-0.39, 0.29) is 19.0 Å². The van der Waals surface area contributed by atoms with Crippen LogP contribution in [0.3, 0.4) is 0 Å². The number of ether oxygens (including phenoxy) is 3. The zero-order valence-electron chi connectivity index (χ0n) is 10.8.